The second-order valence-corrected chi connectivity index (χ2v) is 2.66. The molecule has 1 rings (SSSR count). The van der Waals surface area contributed by atoms with Crippen LogP contribution >= 0.6 is 23.2 Å². The van der Waals surface area contributed by atoms with E-state index in [4.69, 9.17) is 28.9 Å². The number of halogens is 2. The minimum absolute atomic E-state index is 0.472. The number of nitrogen functional groups attached to an aromatic ring is 1. The fourth-order valence-corrected chi connectivity index (χ4v) is 1.02. The third-order valence-corrected chi connectivity index (χ3v) is 1.86. The summed E-state index contributed by atoms with van der Waals surface area (Å²) in [6.07, 6.45) is 0. The summed E-state index contributed by atoms with van der Waals surface area (Å²) in [4.78, 5) is 0. The molecule has 0 fully saturated rings. The quantitative estimate of drug-likeness (QED) is 0.516. The van der Waals surface area contributed by atoms with Crippen molar-refractivity contribution in [2.24, 2.45) is 0 Å². The highest BCUT2D eigenvalue weighted by Gasteiger charge is 1.95. The van der Waals surface area contributed by atoms with Crippen molar-refractivity contribution in [3.63, 3.8) is 0 Å². The van der Waals surface area contributed by atoms with Crippen LogP contribution in [0.2, 0.25) is 5.02 Å². The first-order valence-electron chi connectivity index (χ1n) is 2.84. The maximum Gasteiger partial charge on any atom is 0.0638 e. The number of benzene rings is 1. The predicted octanol–water partition coefficient (Wildman–Crippen LogP) is 2.66. The van der Waals surface area contributed by atoms with E-state index in [0.29, 0.717) is 16.6 Å². The van der Waals surface area contributed by atoms with Crippen molar-refractivity contribution < 1.29 is 0 Å². The van der Waals surface area contributed by atoms with Crippen molar-refractivity contribution in [3.8, 4) is 0 Å². The lowest BCUT2D eigenvalue weighted by Gasteiger charge is -1.98. The molecule has 0 bridgehead atoms. The molecule has 0 aliphatic rings. The Balaban J connectivity index is 3.04. The molecule has 0 aliphatic carbocycles. The van der Waals surface area contributed by atoms with Gasteiger partial charge < -0.3 is 5.73 Å². The van der Waals surface area contributed by atoms with E-state index in [9.17, 15) is 0 Å². The highest BCUT2D eigenvalue weighted by Crippen LogP contribution is 2.20. The Kier molecular flexibility index (Phi) is 2.41. The molecule has 1 aromatic carbocycles. The molecular formula is C7H7Cl2N. The summed E-state index contributed by atoms with van der Waals surface area (Å²) in [5, 5.41) is 0.568. The van der Waals surface area contributed by atoms with E-state index in [1.807, 2.05) is 6.07 Å². The van der Waals surface area contributed by atoms with Gasteiger partial charge in [0.25, 0.3) is 0 Å². The fourth-order valence-electron chi connectivity index (χ4n) is 0.654. The topological polar surface area (TPSA) is 26.0 Å². The minimum Gasteiger partial charge on any atom is -0.398 e. The summed E-state index contributed by atoms with van der Waals surface area (Å²) in [6, 6.07) is 5.37. The molecule has 3 heteroatoms. The van der Waals surface area contributed by atoms with Gasteiger partial charge in [0.2, 0.25) is 0 Å². The lowest BCUT2D eigenvalue weighted by Crippen LogP contribution is -1.86. The zero-order valence-corrected chi connectivity index (χ0v) is 6.78. The van der Waals surface area contributed by atoms with E-state index in [2.05, 4.69) is 0 Å². The first-order valence-corrected chi connectivity index (χ1v) is 3.75. The minimum atomic E-state index is 0.472. The molecule has 1 nitrogen and oxygen atoms in total. The van der Waals surface area contributed by atoms with Gasteiger partial charge in [-0.25, -0.2) is 0 Å². The molecule has 0 unspecified atom stereocenters. The summed E-state index contributed by atoms with van der Waals surface area (Å²) >= 11 is 11.3. The second-order valence-electron chi connectivity index (χ2n) is 1.99. The van der Waals surface area contributed by atoms with Crippen LogP contribution in [-0.4, -0.2) is 0 Å². The van der Waals surface area contributed by atoms with E-state index in [0.717, 1.165) is 5.56 Å². The van der Waals surface area contributed by atoms with Crippen molar-refractivity contribution in [3.05, 3.63) is 28.8 Å². The Labute approximate surface area is 69.7 Å². The zero-order chi connectivity index (χ0) is 7.56. The maximum absolute atomic E-state index is 5.71. The molecule has 0 spiro atoms. The Hall–Kier alpha value is -0.400. The van der Waals surface area contributed by atoms with Gasteiger partial charge in [0.05, 0.1) is 10.7 Å². The molecule has 0 radical (unpaired) electrons. The van der Waals surface area contributed by atoms with Crippen LogP contribution in [0.4, 0.5) is 5.69 Å². The molecule has 0 heterocycles. The van der Waals surface area contributed by atoms with Crippen LogP contribution in [-0.2, 0) is 5.88 Å². The molecule has 2 N–H and O–H groups in total. The third kappa shape index (κ3) is 1.55. The van der Waals surface area contributed by atoms with Gasteiger partial charge in [0.15, 0.2) is 0 Å². The summed E-state index contributed by atoms with van der Waals surface area (Å²) in [6.45, 7) is 0. The Morgan fingerprint density at radius 3 is 2.60 bits per heavy atom. The van der Waals surface area contributed by atoms with Crippen LogP contribution in [0.1, 0.15) is 5.56 Å². The standard InChI is InChI=1S/C7H7Cl2N/c8-4-5-1-2-7(10)6(9)3-5/h1-3H,4,10H2. The molecular weight excluding hydrogens is 169 g/mol. The highest BCUT2D eigenvalue weighted by atomic mass is 35.5. The molecule has 10 heavy (non-hydrogen) atoms. The van der Waals surface area contributed by atoms with Crippen LogP contribution in [0, 0.1) is 0 Å². The number of rotatable bonds is 1. The highest BCUT2D eigenvalue weighted by molar-refractivity contribution is 6.33. The molecule has 0 aromatic heterocycles. The molecule has 0 aliphatic heterocycles. The van der Waals surface area contributed by atoms with Gasteiger partial charge in [0, 0.05) is 5.88 Å². The summed E-state index contributed by atoms with van der Waals surface area (Å²) in [5.74, 6) is 0.472. The zero-order valence-electron chi connectivity index (χ0n) is 5.27. The van der Waals surface area contributed by atoms with Crippen LogP contribution in [0.25, 0.3) is 0 Å². The van der Waals surface area contributed by atoms with Crippen molar-refractivity contribution >= 4 is 28.9 Å². The van der Waals surface area contributed by atoms with Crippen molar-refractivity contribution in [2.45, 2.75) is 5.88 Å². The first-order chi connectivity index (χ1) is 4.74. The van der Waals surface area contributed by atoms with Crippen LogP contribution in [0.15, 0.2) is 18.2 Å². The number of alkyl halides is 1. The summed E-state index contributed by atoms with van der Waals surface area (Å²) < 4.78 is 0. The van der Waals surface area contributed by atoms with Gasteiger partial charge in [-0.3, -0.25) is 0 Å². The lowest BCUT2D eigenvalue weighted by molar-refractivity contribution is 1.41. The molecule has 0 saturated carbocycles. The Morgan fingerprint density at radius 2 is 2.10 bits per heavy atom. The van der Waals surface area contributed by atoms with Crippen molar-refractivity contribution in [2.75, 3.05) is 5.73 Å². The van der Waals surface area contributed by atoms with E-state index >= 15 is 0 Å². The SMILES string of the molecule is Nc1ccc(CCl)cc1Cl. The molecule has 0 atom stereocenters. The second kappa shape index (κ2) is 3.13. The van der Waals surface area contributed by atoms with Gasteiger partial charge in [-0.05, 0) is 17.7 Å². The molecule has 54 valence electrons. The predicted molar refractivity (Wildman–Crippen MR) is 45.4 cm³/mol. The van der Waals surface area contributed by atoms with E-state index in [1.165, 1.54) is 0 Å². The van der Waals surface area contributed by atoms with Crippen LogP contribution in [0.5, 0.6) is 0 Å². The van der Waals surface area contributed by atoms with E-state index < -0.39 is 0 Å². The number of hydrogen-bond acceptors (Lipinski definition) is 1. The number of nitrogens with two attached hydrogens (primary N) is 1. The van der Waals surface area contributed by atoms with Gasteiger partial charge in [-0.2, -0.15) is 0 Å². The molecule has 0 amide bonds. The van der Waals surface area contributed by atoms with Gasteiger partial charge >= 0.3 is 0 Å². The van der Waals surface area contributed by atoms with Gasteiger partial charge in [0.1, 0.15) is 0 Å². The van der Waals surface area contributed by atoms with Crippen LogP contribution < -0.4 is 5.73 Å². The first kappa shape index (κ1) is 7.70. The third-order valence-electron chi connectivity index (χ3n) is 1.22. The Bertz CT molecular complexity index is 235. The maximum atomic E-state index is 5.71. The van der Waals surface area contributed by atoms with Crippen LogP contribution in [0.3, 0.4) is 0 Å². The van der Waals surface area contributed by atoms with E-state index in [1.54, 1.807) is 12.1 Å². The van der Waals surface area contributed by atoms with Gasteiger partial charge in [-0.15, -0.1) is 11.6 Å². The largest absolute Gasteiger partial charge is 0.398 e. The molecule has 0 saturated heterocycles. The monoisotopic (exact) mass is 175 g/mol. The smallest absolute Gasteiger partial charge is 0.0638 e. The molecule has 1 aromatic rings. The Morgan fingerprint density at radius 1 is 1.40 bits per heavy atom. The van der Waals surface area contributed by atoms with Gasteiger partial charge in [-0.1, -0.05) is 17.7 Å². The summed E-state index contributed by atoms with van der Waals surface area (Å²) in [5.41, 5.74) is 7.05. The average Bonchev–Trinajstić information content (AvgIpc) is 1.95. The average molecular weight is 176 g/mol. The lowest BCUT2D eigenvalue weighted by atomic mass is 10.2. The van der Waals surface area contributed by atoms with Crippen molar-refractivity contribution in [1.29, 1.82) is 0 Å². The summed E-state index contributed by atoms with van der Waals surface area (Å²) in [7, 11) is 0. The fraction of sp³-hybridized carbons (Fsp3) is 0.143. The van der Waals surface area contributed by atoms with Crippen molar-refractivity contribution in [1.82, 2.24) is 0 Å². The normalized spacial score (nSPS) is 9.80. The number of anilines is 1. The number of hydrogen-bond donors (Lipinski definition) is 1. The van der Waals surface area contributed by atoms with E-state index in [-0.39, 0.29) is 0 Å².